The second-order valence-electron chi connectivity index (χ2n) is 6.79. The van der Waals surface area contributed by atoms with Crippen LogP contribution in [0.25, 0.3) is 0 Å². The summed E-state index contributed by atoms with van der Waals surface area (Å²) in [5, 5.41) is 4.09. The summed E-state index contributed by atoms with van der Waals surface area (Å²) in [4.78, 5) is 14.3. The Morgan fingerprint density at radius 2 is 1.80 bits per heavy atom. The third kappa shape index (κ3) is 3.07. The van der Waals surface area contributed by atoms with Crippen LogP contribution in [0.4, 0.5) is 5.69 Å². The molecule has 4 heteroatoms. The molecule has 1 heterocycles. The molecule has 3 rings (SSSR count). The lowest BCUT2D eigenvalue weighted by atomic mass is 9.84. The lowest BCUT2D eigenvalue weighted by molar-refractivity contribution is 0.0954. The number of amides is 1. The van der Waals surface area contributed by atoms with Gasteiger partial charge in [0, 0.05) is 35.6 Å². The van der Waals surface area contributed by atoms with Crippen molar-refractivity contribution in [1.29, 1.82) is 0 Å². The number of nitrogens with one attached hydrogen (secondary N) is 1. The van der Waals surface area contributed by atoms with Crippen LogP contribution in [0.3, 0.4) is 0 Å². The van der Waals surface area contributed by atoms with Crippen molar-refractivity contribution in [2.24, 2.45) is 5.10 Å². The number of hydrazone groups is 1. The average Bonchev–Trinajstić information content (AvgIpc) is 2.79. The van der Waals surface area contributed by atoms with E-state index in [-0.39, 0.29) is 11.3 Å². The molecule has 1 N–H and O–H groups in total. The van der Waals surface area contributed by atoms with Crippen molar-refractivity contribution in [1.82, 2.24) is 5.43 Å². The van der Waals surface area contributed by atoms with E-state index in [1.54, 1.807) is 12.3 Å². The molecular weight excluding hydrogens is 310 g/mol. The number of fused-ring (bicyclic) bond motifs is 1. The van der Waals surface area contributed by atoms with E-state index in [2.05, 4.69) is 54.5 Å². The third-order valence-corrected chi connectivity index (χ3v) is 4.80. The molecule has 25 heavy (non-hydrogen) atoms. The van der Waals surface area contributed by atoms with Gasteiger partial charge in [-0.05, 0) is 36.3 Å². The Kier molecular flexibility index (Phi) is 4.45. The van der Waals surface area contributed by atoms with Crippen LogP contribution in [0.15, 0.2) is 65.4 Å². The highest BCUT2D eigenvalue weighted by Gasteiger charge is 2.37. The van der Waals surface area contributed by atoms with Crippen LogP contribution in [0.5, 0.6) is 0 Å². The van der Waals surface area contributed by atoms with Crippen molar-refractivity contribution >= 4 is 17.8 Å². The molecule has 0 fully saturated rings. The molecule has 2 aromatic carbocycles. The summed E-state index contributed by atoms with van der Waals surface area (Å²) < 4.78 is 0. The number of carbonyl (C=O) groups is 1. The Labute approximate surface area is 148 Å². The number of hydrogen-bond donors (Lipinski definition) is 1. The number of aryl methyl sites for hydroxylation is 1. The average molecular weight is 333 g/mol. The standard InChI is InChI=1S/C21H23N3O/c1-15-9-5-6-10-16(15)20(25)23-22-14-13-19-21(2,3)17-11-7-8-12-18(17)24(19)4/h5-14H,1-4H3,(H,23,25)/b19-13-,22-14?. The quantitative estimate of drug-likeness (QED) is 0.681. The fourth-order valence-electron chi connectivity index (χ4n) is 3.39. The maximum atomic E-state index is 12.2. The highest BCUT2D eigenvalue weighted by molar-refractivity contribution is 5.96. The van der Waals surface area contributed by atoms with Gasteiger partial charge in [0.25, 0.3) is 5.91 Å². The Morgan fingerprint density at radius 1 is 1.12 bits per heavy atom. The van der Waals surface area contributed by atoms with E-state index >= 15 is 0 Å². The molecule has 0 bridgehead atoms. The number of hydrogen-bond acceptors (Lipinski definition) is 3. The van der Waals surface area contributed by atoms with Crippen molar-refractivity contribution in [3.8, 4) is 0 Å². The monoisotopic (exact) mass is 333 g/mol. The van der Waals surface area contributed by atoms with Gasteiger partial charge in [0.1, 0.15) is 0 Å². The van der Waals surface area contributed by atoms with Gasteiger partial charge in [0.15, 0.2) is 0 Å². The smallest absolute Gasteiger partial charge is 0.271 e. The maximum absolute atomic E-state index is 12.2. The van der Waals surface area contributed by atoms with Gasteiger partial charge in [0.05, 0.1) is 0 Å². The van der Waals surface area contributed by atoms with E-state index in [0.29, 0.717) is 5.56 Å². The summed E-state index contributed by atoms with van der Waals surface area (Å²) in [5.41, 5.74) is 7.70. The van der Waals surface area contributed by atoms with Crippen molar-refractivity contribution in [2.75, 3.05) is 11.9 Å². The minimum absolute atomic E-state index is 0.0998. The number of benzene rings is 2. The van der Waals surface area contributed by atoms with Gasteiger partial charge in [0.2, 0.25) is 0 Å². The van der Waals surface area contributed by atoms with Gasteiger partial charge in [-0.1, -0.05) is 50.2 Å². The lowest BCUT2D eigenvalue weighted by Crippen LogP contribution is -2.23. The first-order valence-electron chi connectivity index (χ1n) is 8.36. The number of rotatable bonds is 3. The highest BCUT2D eigenvalue weighted by atomic mass is 16.2. The molecule has 4 nitrogen and oxygen atoms in total. The second kappa shape index (κ2) is 6.55. The van der Waals surface area contributed by atoms with Gasteiger partial charge in [-0.15, -0.1) is 0 Å². The van der Waals surface area contributed by atoms with E-state index in [0.717, 1.165) is 11.3 Å². The minimum Gasteiger partial charge on any atom is -0.347 e. The largest absolute Gasteiger partial charge is 0.347 e. The summed E-state index contributed by atoms with van der Waals surface area (Å²) in [6.45, 7) is 6.30. The van der Waals surface area contributed by atoms with Crippen LogP contribution in [0, 0.1) is 6.92 Å². The summed E-state index contributed by atoms with van der Waals surface area (Å²) in [5.74, 6) is -0.199. The van der Waals surface area contributed by atoms with Gasteiger partial charge in [-0.25, -0.2) is 5.43 Å². The molecule has 1 amide bonds. The predicted octanol–water partition coefficient (Wildman–Crippen LogP) is 4.02. The minimum atomic E-state index is -0.199. The van der Waals surface area contributed by atoms with Crippen molar-refractivity contribution < 1.29 is 4.79 Å². The van der Waals surface area contributed by atoms with Crippen LogP contribution in [0.1, 0.15) is 35.3 Å². The summed E-state index contributed by atoms with van der Waals surface area (Å²) in [6, 6.07) is 15.9. The topological polar surface area (TPSA) is 44.7 Å². The van der Waals surface area contributed by atoms with Crippen LogP contribution in [-0.2, 0) is 5.41 Å². The first-order valence-corrected chi connectivity index (χ1v) is 8.36. The summed E-state index contributed by atoms with van der Waals surface area (Å²) in [7, 11) is 2.05. The zero-order chi connectivity index (χ0) is 18.0. The molecule has 1 aliphatic rings. The third-order valence-electron chi connectivity index (χ3n) is 4.80. The van der Waals surface area contributed by atoms with Gasteiger partial charge < -0.3 is 4.90 Å². The van der Waals surface area contributed by atoms with Crippen LogP contribution in [0.2, 0.25) is 0 Å². The SMILES string of the molecule is Cc1ccccc1C(=O)NN=C/C=C1\N(C)c2ccccc2C1(C)C. The molecule has 0 aliphatic carbocycles. The van der Waals surface area contributed by atoms with E-state index in [1.165, 1.54) is 11.3 Å². The fourth-order valence-corrected chi connectivity index (χ4v) is 3.39. The zero-order valence-electron chi connectivity index (χ0n) is 15.1. The number of nitrogens with zero attached hydrogens (tertiary/aromatic N) is 2. The van der Waals surface area contributed by atoms with Gasteiger partial charge in [-0.2, -0.15) is 5.10 Å². The molecule has 0 saturated carbocycles. The van der Waals surface area contributed by atoms with Crippen LogP contribution < -0.4 is 10.3 Å². The number of anilines is 1. The first kappa shape index (κ1) is 17.0. The van der Waals surface area contributed by atoms with E-state index in [1.807, 2.05) is 37.3 Å². The molecule has 0 unspecified atom stereocenters. The van der Waals surface area contributed by atoms with Crippen molar-refractivity contribution in [3.63, 3.8) is 0 Å². The van der Waals surface area contributed by atoms with Crippen molar-refractivity contribution in [2.45, 2.75) is 26.2 Å². The molecular formula is C21H23N3O. The first-order chi connectivity index (χ1) is 11.9. The Bertz CT molecular complexity index is 865. The predicted molar refractivity (Wildman–Crippen MR) is 103 cm³/mol. The van der Waals surface area contributed by atoms with E-state index in [9.17, 15) is 4.79 Å². The molecule has 1 aliphatic heterocycles. The van der Waals surface area contributed by atoms with Gasteiger partial charge in [-0.3, -0.25) is 4.79 Å². The molecule has 0 saturated heterocycles. The molecule has 0 spiro atoms. The summed E-state index contributed by atoms with van der Waals surface area (Å²) >= 11 is 0. The molecule has 2 aromatic rings. The zero-order valence-corrected chi connectivity index (χ0v) is 15.1. The van der Waals surface area contributed by atoms with Crippen LogP contribution >= 0.6 is 0 Å². The Hall–Kier alpha value is -2.88. The molecule has 0 atom stereocenters. The lowest BCUT2D eigenvalue weighted by Gasteiger charge is -2.23. The van der Waals surface area contributed by atoms with Crippen LogP contribution in [-0.4, -0.2) is 19.2 Å². The maximum Gasteiger partial charge on any atom is 0.271 e. The van der Waals surface area contributed by atoms with E-state index in [4.69, 9.17) is 0 Å². The number of likely N-dealkylation sites (N-methyl/N-ethyl adjacent to an activating group) is 1. The normalized spacial score (nSPS) is 17.1. The number of allylic oxidation sites excluding steroid dienone is 2. The van der Waals surface area contributed by atoms with E-state index < -0.39 is 0 Å². The van der Waals surface area contributed by atoms with Gasteiger partial charge >= 0.3 is 0 Å². The highest BCUT2D eigenvalue weighted by Crippen LogP contribution is 2.46. The summed E-state index contributed by atoms with van der Waals surface area (Å²) in [6.07, 6.45) is 3.60. The second-order valence-corrected chi connectivity index (χ2v) is 6.79. The number of para-hydroxylation sites is 1. The molecule has 0 radical (unpaired) electrons. The Morgan fingerprint density at radius 3 is 2.52 bits per heavy atom. The Balaban J connectivity index is 1.75. The molecule has 0 aromatic heterocycles. The molecule has 128 valence electrons. The van der Waals surface area contributed by atoms with Crippen molar-refractivity contribution in [3.05, 3.63) is 77.0 Å². The number of carbonyl (C=O) groups excluding carboxylic acids is 1. The fraction of sp³-hybridized carbons (Fsp3) is 0.238.